The molecule has 0 radical (unpaired) electrons. The van der Waals surface area contributed by atoms with Crippen molar-refractivity contribution in [3.05, 3.63) is 59.2 Å². The van der Waals surface area contributed by atoms with Crippen molar-refractivity contribution in [3.8, 4) is 0 Å². The predicted molar refractivity (Wildman–Crippen MR) is 102 cm³/mol. The second kappa shape index (κ2) is 7.92. The van der Waals surface area contributed by atoms with E-state index in [-0.39, 0.29) is 16.2 Å². The molecular weight excluding hydrogens is 366 g/mol. The van der Waals surface area contributed by atoms with Gasteiger partial charge in [-0.2, -0.15) is 0 Å². The lowest BCUT2D eigenvalue weighted by atomic mass is 10.1. The van der Waals surface area contributed by atoms with Crippen LogP contribution < -0.4 is 5.32 Å². The maximum Gasteiger partial charge on any atom is 0.339 e. The third-order valence-electron chi connectivity index (χ3n) is 4.54. The summed E-state index contributed by atoms with van der Waals surface area (Å²) in [5.41, 5.74) is 3.12. The number of hydrogen-bond donors (Lipinski definition) is 1. The zero-order chi connectivity index (χ0) is 19.4. The standard InChI is InChI=1S/C20H21NO5S/c1-2-27(24,25)18-9-4-3-8-17(18)20(23)26-13-19(22)21-16-11-10-14-6-5-7-15(14)12-16/h3-4,8-12H,2,5-7,13H2,1H3,(H,21,22). The molecule has 0 bridgehead atoms. The largest absolute Gasteiger partial charge is 0.452 e. The first-order valence-corrected chi connectivity index (χ1v) is 10.5. The van der Waals surface area contributed by atoms with E-state index in [1.54, 1.807) is 12.1 Å². The Labute approximate surface area is 158 Å². The maximum atomic E-state index is 12.3. The van der Waals surface area contributed by atoms with Crippen molar-refractivity contribution in [2.75, 3.05) is 17.7 Å². The van der Waals surface area contributed by atoms with Gasteiger partial charge in [-0.3, -0.25) is 4.79 Å². The summed E-state index contributed by atoms with van der Waals surface area (Å²) >= 11 is 0. The molecule has 1 N–H and O–H groups in total. The number of ether oxygens (including phenoxy) is 1. The molecule has 0 fully saturated rings. The van der Waals surface area contributed by atoms with Gasteiger partial charge < -0.3 is 10.1 Å². The van der Waals surface area contributed by atoms with Crippen LogP contribution in [-0.4, -0.2) is 32.7 Å². The number of esters is 1. The fraction of sp³-hybridized carbons (Fsp3) is 0.300. The second-order valence-corrected chi connectivity index (χ2v) is 8.61. The third-order valence-corrected chi connectivity index (χ3v) is 6.32. The van der Waals surface area contributed by atoms with E-state index in [2.05, 4.69) is 5.32 Å². The van der Waals surface area contributed by atoms with Crippen molar-refractivity contribution in [1.29, 1.82) is 0 Å². The molecule has 0 atom stereocenters. The summed E-state index contributed by atoms with van der Waals surface area (Å²) in [4.78, 5) is 24.3. The molecule has 2 aromatic carbocycles. The van der Waals surface area contributed by atoms with Gasteiger partial charge in [-0.15, -0.1) is 0 Å². The zero-order valence-corrected chi connectivity index (χ0v) is 15.8. The normalized spacial score (nSPS) is 13.1. The SMILES string of the molecule is CCS(=O)(=O)c1ccccc1C(=O)OCC(=O)Nc1ccc2c(c1)CCC2. The average molecular weight is 387 g/mol. The van der Waals surface area contributed by atoms with Crippen molar-refractivity contribution in [3.63, 3.8) is 0 Å². The molecule has 0 saturated carbocycles. The number of aryl methyl sites for hydroxylation is 2. The summed E-state index contributed by atoms with van der Waals surface area (Å²) in [6.45, 7) is 1.01. The number of rotatable bonds is 6. The Hall–Kier alpha value is -2.67. The Bertz CT molecular complexity index is 982. The molecule has 1 amide bonds. The number of benzene rings is 2. The summed E-state index contributed by atoms with van der Waals surface area (Å²) in [6.07, 6.45) is 3.17. The molecule has 2 aromatic rings. The van der Waals surface area contributed by atoms with Crippen LogP contribution in [0.25, 0.3) is 0 Å². The molecule has 27 heavy (non-hydrogen) atoms. The molecule has 7 heteroatoms. The highest BCUT2D eigenvalue weighted by atomic mass is 32.2. The van der Waals surface area contributed by atoms with Gasteiger partial charge in [0, 0.05) is 5.69 Å². The van der Waals surface area contributed by atoms with E-state index < -0.39 is 28.3 Å². The number of nitrogens with one attached hydrogen (secondary N) is 1. The average Bonchev–Trinajstić information content (AvgIpc) is 3.14. The monoisotopic (exact) mass is 387 g/mol. The van der Waals surface area contributed by atoms with Gasteiger partial charge in [-0.05, 0) is 54.7 Å². The molecule has 0 aliphatic heterocycles. The quantitative estimate of drug-likeness (QED) is 0.770. The van der Waals surface area contributed by atoms with E-state index in [1.807, 2.05) is 18.2 Å². The topological polar surface area (TPSA) is 89.5 Å². The number of carbonyl (C=O) groups is 2. The number of sulfone groups is 1. The van der Waals surface area contributed by atoms with Gasteiger partial charge in [0.15, 0.2) is 16.4 Å². The molecule has 6 nitrogen and oxygen atoms in total. The highest BCUT2D eigenvalue weighted by Crippen LogP contribution is 2.25. The number of fused-ring (bicyclic) bond motifs is 1. The van der Waals surface area contributed by atoms with Crippen LogP contribution in [0, 0.1) is 0 Å². The van der Waals surface area contributed by atoms with E-state index in [0.717, 1.165) is 19.3 Å². The Morgan fingerprint density at radius 3 is 2.59 bits per heavy atom. The minimum atomic E-state index is -3.57. The Balaban J connectivity index is 1.63. The van der Waals surface area contributed by atoms with Gasteiger partial charge in [-0.25, -0.2) is 13.2 Å². The second-order valence-electron chi connectivity index (χ2n) is 6.36. The molecule has 0 saturated heterocycles. The molecule has 0 spiro atoms. The van der Waals surface area contributed by atoms with Crippen molar-refractivity contribution >= 4 is 27.4 Å². The van der Waals surface area contributed by atoms with Crippen molar-refractivity contribution in [1.82, 2.24) is 0 Å². The molecule has 142 valence electrons. The molecule has 3 rings (SSSR count). The van der Waals surface area contributed by atoms with Gasteiger partial charge in [0.05, 0.1) is 16.2 Å². The number of carbonyl (C=O) groups excluding carboxylic acids is 2. The first kappa shape index (κ1) is 19.1. The maximum absolute atomic E-state index is 12.3. The van der Waals surface area contributed by atoms with Crippen molar-refractivity contribution in [2.45, 2.75) is 31.1 Å². The Kier molecular flexibility index (Phi) is 5.60. The predicted octanol–water partition coefficient (Wildman–Crippen LogP) is 2.76. The molecule has 0 aromatic heterocycles. The third kappa shape index (κ3) is 4.36. The highest BCUT2D eigenvalue weighted by molar-refractivity contribution is 7.91. The first-order chi connectivity index (χ1) is 12.9. The molecule has 0 heterocycles. The minimum Gasteiger partial charge on any atom is -0.452 e. The first-order valence-electron chi connectivity index (χ1n) is 8.81. The van der Waals surface area contributed by atoms with Crippen LogP contribution in [0.4, 0.5) is 5.69 Å². The van der Waals surface area contributed by atoms with E-state index in [4.69, 9.17) is 4.74 Å². The Morgan fingerprint density at radius 1 is 1.07 bits per heavy atom. The lowest BCUT2D eigenvalue weighted by Crippen LogP contribution is -2.22. The number of anilines is 1. The van der Waals surface area contributed by atoms with Gasteiger partial charge in [0.1, 0.15) is 0 Å². The molecule has 1 aliphatic carbocycles. The summed E-state index contributed by atoms with van der Waals surface area (Å²) in [7, 11) is -3.57. The van der Waals surface area contributed by atoms with Crippen LogP contribution in [0.5, 0.6) is 0 Å². The lowest BCUT2D eigenvalue weighted by molar-refractivity contribution is -0.119. The van der Waals surface area contributed by atoms with Crippen LogP contribution in [0.1, 0.15) is 34.8 Å². The van der Waals surface area contributed by atoms with Crippen molar-refractivity contribution in [2.24, 2.45) is 0 Å². The zero-order valence-electron chi connectivity index (χ0n) is 15.0. The molecular formula is C20H21NO5S. The molecule has 1 aliphatic rings. The number of hydrogen-bond acceptors (Lipinski definition) is 5. The van der Waals surface area contributed by atoms with E-state index in [1.165, 1.54) is 30.2 Å². The summed E-state index contributed by atoms with van der Waals surface area (Å²) in [5, 5.41) is 2.70. The van der Waals surface area contributed by atoms with Gasteiger partial charge in [-0.1, -0.05) is 25.1 Å². The van der Waals surface area contributed by atoms with Crippen LogP contribution in [-0.2, 0) is 32.2 Å². The smallest absolute Gasteiger partial charge is 0.339 e. The van der Waals surface area contributed by atoms with Crippen LogP contribution in [0.3, 0.4) is 0 Å². The van der Waals surface area contributed by atoms with E-state index in [9.17, 15) is 18.0 Å². The summed E-state index contributed by atoms with van der Waals surface area (Å²) < 4.78 is 29.2. The van der Waals surface area contributed by atoms with Gasteiger partial charge in [0.25, 0.3) is 5.91 Å². The van der Waals surface area contributed by atoms with E-state index in [0.29, 0.717) is 5.69 Å². The minimum absolute atomic E-state index is 0.0651. The summed E-state index contributed by atoms with van der Waals surface area (Å²) in [5.74, 6) is -1.44. The van der Waals surface area contributed by atoms with Crippen LogP contribution >= 0.6 is 0 Å². The van der Waals surface area contributed by atoms with Crippen molar-refractivity contribution < 1.29 is 22.7 Å². The van der Waals surface area contributed by atoms with E-state index >= 15 is 0 Å². The highest BCUT2D eigenvalue weighted by Gasteiger charge is 2.22. The summed E-state index contributed by atoms with van der Waals surface area (Å²) in [6, 6.07) is 11.6. The Morgan fingerprint density at radius 2 is 1.81 bits per heavy atom. The fourth-order valence-electron chi connectivity index (χ4n) is 3.12. The van der Waals surface area contributed by atoms with Gasteiger partial charge in [0.2, 0.25) is 0 Å². The van der Waals surface area contributed by atoms with Crippen LogP contribution in [0.2, 0.25) is 0 Å². The lowest BCUT2D eigenvalue weighted by Gasteiger charge is -2.10. The van der Waals surface area contributed by atoms with Crippen LogP contribution in [0.15, 0.2) is 47.4 Å². The fourth-order valence-corrected chi connectivity index (χ4v) is 4.20. The number of amides is 1. The molecule has 0 unspecified atom stereocenters. The van der Waals surface area contributed by atoms with Gasteiger partial charge >= 0.3 is 5.97 Å².